The van der Waals surface area contributed by atoms with E-state index in [0.29, 0.717) is 5.56 Å². The molecule has 18 heavy (non-hydrogen) atoms. The second kappa shape index (κ2) is 7.43. The third-order valence-corrected chi connectivity index (χ3v) is 6.97. The van der Waals surface area contributed by atoms with Gasteiger partial charge in [0.25, 0.3) is 0 Å². The Labute approximate surface area is 127 Å². The van der Waals surface area contributed by atoms with Gasteiger partial charge >= 0.3 is 128 Å². The molecular weight excluding hydrogens is 434 g/mol. The summed E-state index contributed by atoms with van der Waals surface area (Å²) in [4.78, 5) is 11.9. The predicted molar refractivity (Wildman–Crippen MR) is 79.1 cm³/mol. The van der Waals surface area contributed by atoms with Gasteiger partial charge in [0, 0.05) is 0 Å². The molecular formula is C11H12Cl4O2Te. The molecule has 102 valence electrons. The van der Waals surface area contributed by atoms with Gasteiger partial charge in [0.05, 0.1) is 0 Å². The maximum absolute atomic E-state index is 11.9. The van der Waals surface area contributed by atoms with E-state index < -0.39 is 32.3 Å². The monoisotopic (exact) mass is 446 g/mol. The number of carbonyl (C=O) groups excluding carboxylic acids is 1. The van der Waals surface area contributed by atoms with Crippen LogP contribution in [0.5, 0.6) is 0 Å². The third-order valence-electron chi connectivity index (χ3n) is 2.13. The quantitative estimate of drug-likeness (QED) is 0.379. The Morgan fingerprint density at radius 1 is 1.28 bits per heavy atom. The molecule has 0 aliphatic rings. The first kappa shape index (κ1) is 16.7. The number of carbonyl (C=O) groups is 1. The average Bonchev–Trinajstić information content (AvgIpc) is 2.27. The van der Waals surface area contributed by atoms with Crippen molar-refractivity contribution in [2.75, 3.05) is 0 Å². The number of benzene rings is 1. The van der Waals surface area contributed by atoms with Crippen molar-refractivity contribution in [1.82, 2.24) is 0 Å². The van der Waals surface area contributed by atoms with Gasteiger partial charge in [-0.05, 0) is 0 Å². The summed E-state index contributed by atoms with van der Waals surface area (Å²) in [6.45, 7) is 1.71. The van der Waals surface area contributed by atoms with Gasteiger partial charge in [0.15, 0.2) is 0 Å². The Hall–Kier alpha value is 0.640. The number of rotatable bonds is 5. The topological polar surface area (TPSA) is 26.3 Å². The van der Waals surface area contributed by atoms with Crippen LogP contribution in [0.1, 0.15) is 17.3 Å². The Kier molecular flexibility index (Phi) is 6.89. The molecule has 0 fully saturated rings. The Morgan fingerprint density at radius 2 is 1.83 bits per heavy atom. The molecule has 1 aromatic carbocycles. The van der Waals surface area contributed by atoms with Gasteiger partial charge in [-0.1, -0.05) is 0 Å². The molecule has 0 spiro atoms. The van der Waals surface area contributed by atoms with Crippen molar-refractivity contribution in [2.24, 2.45) is 0 Å². The van der Waals surface area contributed by atoms with E-state index in [2.05, 4.69) is 0 Å². The minimum absolute atomic E-state index is 0.233. The summed E-state index contributed by atoms with van der Waals surface area (Å²) < 4.78 is 5.53. The molecule has 1 rings (SSSR count). The van der Waals surface area contributed by atoms with Crippen molar-refractivity contribution in [3.8, 4) is 0 Å². The molecule has 0 aliphatic carbocycles. The van der Waals surface area contributed by atoms with Crippen LogP contribution >= 0.6 is 38.5 Å². The summed E-state index contributed by atoms with van der Waals surface area (Å²) in [5.41, 5.74) is 0.455. The zero-order valence-electron chi connectivity index (χ0n) is 9.49. The third kappa shape index (κ3) is 6.19. The molecule has 1 aromatic rings. The maximum atomic E-state index is 11.9. The van der Waals surface area contributed by atoms with E-state index in [4.69, 9.17) is 43.2 Å². The molecule has 0 saturated heterocycles. The molecule has 7 heteroatoms. The van der Waals surface area contributed by atoms with E-state index in [9.17, 15) is 4.79 Å². The molecule has 0 radical (unpaired) electrons. The second-order valence-electron chi connectivity index (χ2n) is 3.66. The van der Waals surface area contributed by atoms with Crippen molar-refractivity contribution in [3.63, 3.8) is 0 Å². The molecule has 2 nitrogen and oxygen atoms in total. The van der Waals surface area contributed by atoms with Crippen molar-refractivity contribution >= 4 is 59.3 Å². The number of hydrogen-bond donors (Lipinski definition) is 0. The van der Waals surface area contributed by atoms with E-state index in [1.807, 2.05) is 6.07 Å². The van der Waals surface area contributed by atoms with E-state index in [0.717, 1.165) is 0 Å². The summed E-state index contributed by atoms with van der Waals surface area (Å²) in [5.74, 6) is -0.454. The Morgan fingerprint density at radius 3 is 2.28 bits per heavy atom. The summed E-state index contributed by atoms with van der Waals surface area (Å²) in [7, 11) is 17.6. The van der Waals surface area contributed by atoms with Gasteiger partial charge in [0.2, 0.25) is 0 Å². The molecule has 0 heterocycles. The fourth-order valence-electron chi connectivity index (χ4n) is 1.23. The number of hydrogen-bond acceptors (Lipinski definition) is 2. The summed E-state index contributed by atoms with van der Waals surface area (Å²) >= 11 is 2.55. The van der Waals surface area contributed by atoms with Crippen LogP contribution in [0.4, 0.5) is 0 Å². The summed E-state index contributed by atoms with van der Waals surface area (Å²) in [6.07, 6.45) is -0.576. The number of halogens is 4. The zero-order valence-corrected chi connectivity index (χ0v) is 14.8. The Bertz CT molecular complexity index is 392. The fourth-order valence-corrected chi connectivity index (χ4v) is 6.28. The Balaban J connectivity index is 2.70. The van der Waals surface area contributed by atoms with Crippen LogP contribution in [0.25, 0.3) is 0 Å². The number of ether oxygens (including phenoxy) is 1. The average molecular weight is 446 g/mol. The SMILES string of the molecule is C[C@@H](Cl)[C@H](C[Te](Cl)(Cl)Cl)OC(=O)c1ccccc1. The van der Waals surface area contributed by atoms with Gasteiger partial charge in [-0.2, -0.15) is 0 Å². The van der Waals surface area contributed by atoms with Crippen molar-refractivity contribution in [3.05, 3.63) is 35.9 Å². The molecule has 0 bridgehead atoms. The van der Waals surface area contributed by atoms with Crippen LogP contribution in [-0.2, 0) is 4.74 Å². The molecule has 0 unspecified atom stereocenters. The first-order chi connectivity index (χ1) is 8.29. The summed E-state index contributed by atoms with van der Waals surface area (Å²) in [5, 5.41) is -0.403. The first-order valence-corrected chi connectivity index (χ1v) is 16.0. The molecule has 0 saturated carbocycles. The van der Waals surface area contributed by atoms with E-state index in [-0.39, 0.29) is 4.47 Å². The van der Waals surface area contributed by atoms with Crippen molar-refractivity contribution in [1.29, 1.82) is 0 Å². The standard InChI is InChI=1S/C11H12Cl4O2Te/c1-8(12)10(7-18(13,14)15)17-11(16)9-5-3-2-4-6-9/h2-6,8,10H,7H2,1H3/t8-,10+/m1/s1. The van der Waals surface area contributed by atoms with Crippen molar-refractivity contribution in [2.45, 2.75) is 22.9 Å². The fraction of sp³-hybridized carbons (Fsp3) is 0.364. The minimum atomic E-state index is -3.41. The zero-order chi connectivity index (χ0) is 13.8. The number of alkyl halides is 1. The van der Waals surface area contributed by atoms with Gasteiger partial charge in [-0.25, -0.2) is 0 Å². The number of esters is 1. The molecule has 0 amide bonds. The van der Waals surface area contributed by atoms with Crippen LogP contribution in [0.2, 0.25) is 4.47 Å². The molecule has 0 aliphatic heterocycles. The van der Waals surface area contributed by atoms with Crippen LogP contribution in [0.3, 0.4) is 0 Å². The predicted octanol–water partition coefficient (Wildman–Crippen LogP) is 4.49. The van der Waals surface area contributed by atoms with Gasteiger partial charge in [-0.3, -0.25) is 0 Å². The van der Waals surface area contributed by atoms with Crippen LogP contribution in [0.15, 0.2) is 30.3 Å². The normalized spacial score (nSPS) is 15.8. The van der Waals surface area contributed by atoms with Crippen LogP contribution in [-0.4, -0.2) is 32.3 Å². The van der Waals surface area contributed by atoms with Crippen molar-refractivity contribution < 1.29 is 9.53 Å². The second-order valence-corrected chi connectivity index (χ2v) is 21.9. The summed E-state index contributed by atoms with van der Waals surface area (Å²) in [6, 6.07) is 8.64. The van der Waals surface area contributed by atoms with E-state index in [1.165, 1.54) is 0 Å². The molecule has 0 N–H and O–H groups in total. The van der Waals surface area contributed by atoms with Gasteiger partial charge < -0.3 is 0 Å². The molecule has 2 atom stereocenters. The van der Waals surface area contributed by atoms with E-state index in [1.54, 1.807) is 31.2 Å². The van der Waals surface area contributed by atoms with E-state index >= 15 is 0 Å². The van der Waals surface area contributed by atoms with Crippen LogP contribution in [0, 0.1) is 0 Å². The first-order valence-electron chi connectivity index (χ1n) is 5.09. The van der Waals surface area contributed by atoms with Crippen LogP contribution < -0.4 is 0 Å². The van der Waals surface area contributed by atoms with Gasteiger partial charge in [-0.15, -0.1) is 0 Å². The van der Waals surface area contributed by atoms with Gasteiger partial charge in [0.1, 0.15) is 0 Å². The molecule has 0 aromatic heterocycles.